The van der Waals surface area contributed by atoms with Gasteiger partial charge in [0.25, 0.3) is 11.8 Å². The average molecular weight is 516 g/mol. The van der Waals surface area contributed by atoms with E-state index in [1.165, 1.54) is 23.1 Å². The van der Waals surface area contributed by atoms with Gasteiger partial charge in [-0.25, -0.2) is 4.79 Å². The van der Waals surface area contributed by atoms with Gasteiger partial charge in [0.15, 0.2) is 5.76 Å². The van der Waals surface area contributed by atoms with Gasteiger partial charge in [0.05, 0.1) is 22.1 Å². The largest absolute Gasteiger partial charge is 0.452 e. The molecular weight excluding hydrogens is 494 g/mol. The van der Waals surface area contributed by atoms with Crippen LogP contribution in [0.4, 0.5) is 0 Å². The summed E-state index contributed by atoms with van der Waals surface area (Å²) in [5.41, 5.74) is 1.59. The topological polar surface area (TPSA) is 93.9 Å². The van der Waals surface area contributed by atoms with Crippen molar-refractivity contribution in [3.63, 3.8) is 0 Å². The van der Waals surface area contributed by atoms with Crippen LogP contribution in [0.2, 0.25) is 5.02 Å². The van der Waals surface area contributed by atoms with Crippen molar-refractivity contribution in [3.05, 3.63) is 98.2 Å². The molecule has 0 atom stereocenters. The van der Waals surface area contributed by atoms with E-state index in [9.17, 15) is 19.2 Å². The van der Waals surface area contributed by atoms with Crippen LogP contribution in [-0.4, -0.2) is 29.2 Å². The third kappa shape index (κ3) is 4.42. The Morgan fingerprint density at radius 2 is 1.65 bits per heavy atom. The van der Waals surface area contributed by atoms with Crippen LogP contribution in [0.25, 0.3) is 22.3 Å². The maximum atomic E-state index is 13.4. The Labute approximate surface area is 217 Å². The maximum absolute atomic E-state index is 13.4. The van der Waals surface area contributed by atoms with Crippen molar-refractivity contribution in [2.24, 2.45) is 5.92 Å². The zero-order valence-corrected chi connectivity index (χ0v) is 21.1. The molecule has 3 aromatic carbocycles. The zero-order chi connectivity index (χ0) is 26.4. The van der Waals surface area contributed by atoms with Crippen LogP contribution in [0.3, 0.4) is 0 Å². The molecule has 0 saturated heterocycles. The molecule has 5 rings (SSSR count). The molecule has 7 nitrogen and oxygen atoms in total. The zero-order valence-electron chi connectivity index (χ0n) is 20.3. The van der Waals surface area contributed by atoms with Crippen molar-refractivity contribution in [2.75, 3.05) is 6.54 Å². The quantitative estimate of drug-likeness (QED) is 0.243. The van der Waals surface area contributed by atoms with E-state index in [0.29, 0.717) is 16.2 Å². The second-order valence-corrected chi connectivity index (χ2v) is 9.80. The highest BCUT2D eigenvalue weighted by Crippen LogP contribution is 2.33. The number of benzene rings is 3. The molecule has 2 amide bonds. The van der Waals surface area contributed by atoms with Crippen LogP contribution in [0.1, 0.15) is 50.5 Å². The first kappa shape index (κ1) is 24.5. The standard InChI is InChI=1S/C29H22ClNO6/c1-15(2)14-31-27(33)20-11-7-18(13-22(20)28(31)34)29(35)37-26-24(32)21-10-4-16(3)12-23(21)36-25(26)17-5-8-19(30)9-6-17/h4-13,15H,14H2,1-3H3. The third-order valence-electron chi connectivity index (χ3n) is 6.06. The molecule has 8 heteroatoms. The van der Waals surface area contributed by atoms with Crippen molar-refractivity contribution in [2.45, 2.75) is 20.8 Å². The molecule has 0 spiro atoms. The minimum atomic E-state index is -0.862. The highest BCUT2D eigenvalue weighted by atomic mass is 35.5. The molecule has 0 radical (unpaired) electrons. The van der Waals surface area contributed by atoms with E-state index in [1.54, 1.807) is 42.5 Å². The molecule has 37 heavy (non-hydrogen) atoms. The maximum Gasteiger partial charge on any atom is 0.343 e. The summed E-state index contributed by atoms with van der Waals surface area (Å²) < 4.78 is 11.7. The lowest BCUT2D eigenvalue weighted by atomic mass is 10.1. The number of carbonyl (C=O) groups is 3. The molecule has 1 aliphatic rings. The average Bonchev–Trinajstić information content (AvgIpc) is 3.09. The predicted molar refractivity (Wildman–Crippen MR) is 139 cm³/mol. The summed E-state index contributed by atoms with van der Waals surface area (Å²) in [6.07, 6.45) is 0. The van der Waals surface area contributed by atoms with Gasteiger partial charge in [-0.15, -0.1) is 0 Å². The number of imide groups is 1. The van der Waals surface area contributed by atoms with Crippen LogP contribution < -0.4 is 10.2 Å². The molecule has 0 fully saturated rings. The molecule has 1 aromatic heterocycles. The van der Waals surface area contributed by atoms with Gasteiger partial charge in [-0.05, 0) is 73.0 Å². The summed E-state index contributed by atoms with van der Waals surface area (Å²) in [5, 5.41) is 0.746. The van der Waals surface area contributed by atoms with Crippen LogP contribution in [-0.2, 0) is 0 Å². The lowest BCUT2D eigenvalue weighted by Gasteiger charge is -2.15. The molecule has 1 aliphatic heterocycles. The van der Waals surface area contributed by atoms with Crippen molar-refractivity contribution in [1.82, 2.24) is 4.90 Å². The summed E-state index contributed by atoms with van der Waals surface area (Å²) >= 11 is 6.02. The first-order valence-corrected chi connectivity index (χ1v) is 12.1. The molecule has 0 bridgehead atoms. The number of esters is 1. The van der Waals surface area contributed by atoms with Gasteiger partial charge in [0.1, 0.15) is 5.58 Å². The molecular formula is C29H22ClNO6. The fraction of sp³-hybridized carbons (Fsp3) is 0.172. The molecule has 186 valence electrons. The lowest BCUT2D eigenvalue weighted by Crippen LogP contribution is -2.33. The highest BCUT2D eigenvalue weighted by Gasteiger charge is 2.36. The van der Waals surface area contributed by atoms with Crippen molar-refractivity contribution in [3.8, 4) is 17.1 Å². The number of hydrogen-bond acceptors (Lipinski definition) is 6. The molecule has 4 aromatic rings. The Morgan fingerprint density at radius 1 is 0.946 bits per heavy atom. The highest BCUT2D eigenvalue weighted by molar-refractivity contribution is 6.30. The van der Waals surface area contributed by atoms with Gasteiger partial charge >= 0.3 is 5.97 Å². The SMILES string of the molecule is Cc1ccc2c(=O)c(OC(=O)c3ccc4c(c3)C(=O)N(CC(C)C)C4=O)c(-c3ccc(Cl)cc3)oc2c1. The van der Waals surface area contributed by atoms with Crippen molar-refractivity contribution in [1.29, 1.82) is 0 Å². The normalized spacial score (nSPS) is 12.9. The van der Waals surface area contributed by atoms with Gasteiger partial charge < -0.3 is 9.15 Å². The van der Waals surface area contributed by atoms with Crippen LogP contribution >= 0.6 is 11.6 Å². The number of nitrogens with zero attached hydrogens (tertiary/aromatic N) is 1. The van der Waals surface area contributed by atoms with E-state index in [1.807, 2.05) is 20.8 Å². The summed E-state index contributed by atoms with van der Waals surface area (Å²) in [5.74, 6) is -1.85. The van der Waals surface area contributed by atoms with Crippen molar-refractivity contribution < 1.29 is 23.5 Å². The van der Waals surface area contributed by atoms with Crippen LogP contribution in [0.15, 0.2) is 69.9 Å². The molecule has 0 saturated carbocycles. The van der Waals surface area contributed by atoms with Crippen LogP contribution in [0.5, 0.6) is 5.75 Å². The summed E-state index contributed by atoms with van der Waals surface area (Å²) in [4.78, 5) is 53.3. The van der Waals surface area contributed by atoms with E-state index in [4.69, 9.17) is 20.8 Å². The minimum Gasteiger partial charge on any atom is -0.452 e. The second kappa shape index (κ2) is 9.33. The number of rotatable bonds is 5. The smallest absolute Gasteiger partial charge is 0.343 e. The Kier molecular flexibility index (Phi) is 6.17. The van der Waals surface area contributed by atoms with E-state index in [-0.39, 0.29) is 46.0 Å². The lowest BCUT2D eigenvalue weighted by molar-refractivity contribution is 0.0635. The molecule has 0 unspecified atom stereocenters. The number of fused-ring (bicyclic) bond motifs is 2. The molecule has 0 N–H and O–H groups in total. The number of hydrogen-bond donors (Lipinski definition) is 0. The molecule has 0 aliphatic carbocycles. The van der Waals surface area contributed by atoms with E-state index >= 15 is 0 Å². The van der Waals surface area contributed by atoms with Gasteiger partial charge in [-0.1, -0.05) is 31.5 Å². The third-order valence-corrected chi connectivity index (χ3v) is 6.31. The summed E-state index contributed by atoms with van der Waals surface area (Å²) in [6, 6.07) is 15.8. The number of carbonyl (C=O) groups excluding carboxylic acids is 3. The van der Waals surface area contributed by atoms with Gasteiger partial charge in [-0.2, -0.15) is 0 Å². The summed E-state index contributed by atoms with van der Waals surface area (Å²) in [6.45, 7) is 5.95. The number of halogens is 1. The monoisotopic (exact) mass is 515 g/mol. The fourth-order valence-corrected chi connectivity index (χ4v) is 4.39. The molecule has 2 heterocycles. The number of ether oxygens (including phenoxy) is 1. The van der Waals surface area contributed by atoms with Crippen LogP contribution in [0, 0.1) is 12.8 Å². The first-order chi connectivity index (χ1) is 17.6. The van der Waals surface area contributed by atoms with Gasteiger partial charge in [-0.3, -0.25) is 19.3 Å². The minimum absolute atomic E-state index is 0.0248. The Bertz CT molecular complexity index is 1650. The Hall–Kier alpha value is -4.23. The Balaban J connectivity index is 1.57. The van der Waals surface area contributed by atoms with E-state index in [2.05, 4.69) is 0 Å². The fourth-order valence-electron chi connectivity index (χ4n) is 4.27. The van der Waals surface area contributed by atoms with Crippen molar-refractivity contribution >= 4 is 40.4 Å². The van der Waals surface area contributed by atoms with Gasteiger partial charge in [0, 0.05) is 17.1 Å². The number of aryl methyl sites for hydroxylation is 1. The van der Waals surface area contributed by atoms with E-state index < -0.39 is 23.2 Å². The Morgan fingerprint density at radius 3 is 2.35 bits per heavy atom. The second-order valence-electron chi connectivity index (χ2n) is 9.36. The summed E-state index contributed by atoms with van der Waals surface area (Å²) in [7, 11) is 0. The van der Waals surface area contributed by atoms with Gasteiger partial charge in [0.2, 0.25) is 11.2 Å². The van der Waals surface area contributed by atoms with E-state index in [0.717, 1.165) is 5.56 Å². The predicted octanol–water partition coefficient (Wildman–Crippen LogP) is 5.89. The first-order valence-electron chi connectivity index (χ1n) is 11.7. The number of amides is 2.